The maximum Gasteiger partial charge on any atom is 0.320 e. The highest BCUT2D eigenvalue weighted by Gasteiger charge is 2.29. The summed E-state index contributed by atoms with van der Waals surface area (Å²) in [5.41, 5.74) is 0.631. The molecule has 2 rings (SSSR count). The maximum atomic E-state index is 13.3. The Hall–Kier alpha value is -2.15. The van der Waals surface area contributed by atoms with Crippen molar-refractivity contribution in [2.75, 3.05) is 26.7 Å². The van der Waals surface area contributed by atoms with Gasteiger partial charge < -0.3 is 19.6 Å². The lowest BCUT2D eigenvalue weighted by molar-refractivity contribution is -0.137. The van der Waals surface area contributed by atoms with Gasteiger partial charge in [-0.2, -0.15) is 0 Å². The van der Waals surface area contributed by atoms with Gasteiger partial charge in [0.15, 0.2) is 0 Å². The number of carbonyl (C=O) groups excluding carboxylic acids is 1. The van der Waals surface area contributed by atoms with E-state index in [0.29, 0.717) is 18.7 Å². The molecule has 126 valence electrons. The lowest BCUT2D eigenvalue weighted by Gasteiger charge is -2.28. The molecular formula is C16H21FN2O4. The Balaban J connectivity index is 2.06. The Labute approximate surface area is 134 Å². The van der Waals surface area contributed by atoms with Crippen LogP contribution in [-0.2, 0) is 16.1 Å². The summed E-state index contributed by atoms with van der Waals surface area (Å²) in [5.74, 6) is -1.35. The SMILES string of the molecule is CO[C@H]1CCN(C(=O)N(CCC(=O)O)Cc2cccc(F)c2)C1. The second-order valence-corrected chi connectivity index (χ2v) is 5.57. The zero-order chi connectivity index (χ0) is 16.8. The summed E-state index contributed by atoms with van der Waals surface area (Å²) in [6.45, 7) is 1.32. The summed E-state index contributed by atoms with van der Waals surface area (Å²) in [5, 5.41) is 8.87. The van der Waals surface area contributed by atoms with Gasteiger partial charge in [-0.15, -0.1) is 0 Å². The van der Waals surface area contributed by atoms with Crippen LogP contribution in [-0.4, -0.2) is 59.8 Å². The molecule has 0 unspecified atom stereocenters. The fourth-order valence-corrected chi connectivity index (χ4v) is 2.62. The number of carboxylic acid groups (broad SMARTS) is 1. The highest BCUT2D eigenvalue weighted by Crippen LogP contribution is 2.16. The summed E-state index contributed by atoms with van der Waals surface area (Å²) < 4.78 is 18.6. The molecule has 1 N–H and O–H groups in total. The predicted molar refractivity (Wildman–Crippen MR) is 81.4 cm³/mol. The first-order valence-corrected chi connectivity index (χ1v) is 7.52. The molecule has 1 aliphatic heterocycles. The standard InChI is InChI=1S/C16H21FN2O4/c1-23-14-5-7-19(11-14)16(22)18(8-6-15(20)21)10-12-3-2-4-13(17)9-12/h2-4,9,14H,5-8,10-11H2,1H3,(H,20,21)/t14-/m0/s1. The maximum absolute atomic E-state index is 13.3. The van der Waals surface area contributed by atoms with Crippen LogP contribution in [0.1, 0.15) is 18.4 Å². The van der Waals surface area contributed by atoms with E-state index in [1.807, 2.05) is 0 Å². The van der Waals surface area contributed by atoms with Crippen molar-refractivity contribution in [2.45, 2.75) is 25.5 Å². The first kappa shape index (κ1) is 17.2. The van der Waals surface area contributed by atoms with Crippen molar-refractivity contribution in [3.05, 3.63) is 35.6 Å². The first-order valence-electron chi connectivity index (χ1n) is 7.52. The van der Waals surface area contributed by atoms with Gasteiger partial charge in [-0.25, -0.2) is 9.18 Å². The zero-order valence-electron chi connectivity index (χ0n) is 13.1. The minimum atomic E-state index is -0.974. The molecule has 0 radical (unpaired) electrons. The molecule has 0 spiro atoms. The van der Waals surface area contributed by atoms with Crippen LogP contribution >= 0.6 is 0 Å². The van der Waals surface area contributed by atoms with Crippen molar-refractivity contribution in [2.24, 2.45) is 0 Å². The molecule has 0 aromatic heterocycles. The van der Waals surface area contributed by atoms with Crippen LogP contribution in [0.4, 0.5) is 9.18 Å². The molecule has 0 bridgehead atoms. The number of carbonyl (C=O) groups is 2. The van der Waals surface area contributed by atoms with Crippen molar-refractivity contribution in [1.29, 1.82) is 0 Å². The van der Waals surface area contributed by atoms with Crippen LogP contribution in [0.15, 0.2) is 24.3 Å². The molecule has 0 saturated carbocycles. The van der Waals surface area contributed by atoms with E-state index in [4.69, 9.17) is 9.84 Å². The van der Waals surface area contributed by atoms with Gasteiger partial charge in [0, 0.05) is 33.3 Å². The molecule has 2 amide bonds. The lowest BCUT2D eigenvalue weighted by atomic mass is 10.2. The van der Waals surface area contributed by atoms with Crippen LogP contribution in [0, 0.1) is 5.82 Å². The number of ether oxygens (including phenoxy) is 1. The third-order valence-electron chi connectivity index (χ3n) is 3.88. The number of methoxy groups -OCH3 is 1. The van der Waals surface area contributed by atoms with Crippen LogP contribution in [0.3, 0.4) is 0 Å². The molecule has 7 heteroatoms. The second-order valence-electron chi connectivity index (χ2n) is 5.57. The van der Waals surface area contributed by atoms with Crippen molar-refractivity contribution < 1.29 is 23.8 Å². The molecule has 1 aromatic rings. The van der Waals surface area contributed by atoms with Gasteiger partial charge in [-0.3, -0.25) is 4.79 Å². The quantitative estimate of drug-likeness (QED) is 0.868. The number of halogens is 1. The van der Waals surface area contributed by atoms with Gasteiger partial charge in [-0.05, 0) is 24.1 Å². The molecule has 1 fully saturated rings. The molecule has 1 aromatic carbocycles. The van der Waals surface area contributed by atoms with E-state index in [2.05, 4.69) is 0 Å². The smallest absolute Gasteiger partial charge is 0.320 e. The van der Waals surface area contributed by atoms with Crippen molar-refractivity contribution in [3.8, 4) is 0 Å². The molecule has 1 saturated heterocycles. The summed E-state index contributed by atoms with van der Waals surface area (Å²) in [6.07, 6.45) is 0.617. The molecule has 23 heavy (non-hydrogen) atoms. The molecule has 6 nitrogen and oxygen atoms in total. The Morgan fingerprint density at radius 2 is 2.26 bits per heavy atom. The van der Waals surface area contributed by atoms with Gasteiger partial charge in [0.25, 0.3) is 0 Å². The fourth-order valence-electron chi connectivity index (χ4n) is 2.62. The number of benzene rings is 1. The normalized spacial score (nSPS) is 17.3. The van der Waals surface area contributed by atoms with E-state index < -0.39 is 5.97 Å². The highest BCUT2D eigenvalue weighted by molar-refractivity contribution is 5.76. The van der Waals surface area contributed by atoms with E-state index in [0.717, 1.165) is 6.42 Å². The van der Waals surface area contributed by atoms with E-state index in [-0.39, 0.29) is 37.5 Å². The lowest BCUT2D eigenvalue weighted by Crippen LogP contribution is -2.43. The Morgan fingerprint density at radius 3 is 2.87 bits per heavy atom. The van der Waals surface area contributed by atoms with Gasteiger partial charge in [0.1, 0.15) is 5.82 Å². The Morgan fingerprint density at radius 1 is 1.48 bits per heavy atom. The molecule has 1 heterocycles. The number of aliphatic carboxylic acids is 1. The van der Waals surface area contributed by atoms with Crippen LogP contribution in [0.2, 0.25) is 0 Å². The molecule has 0 aliphatic carbocycles. The zero-order valence-corrected chi connectivity index (χ0v) is 13.1. The summed E-state index contributed by atoms with van der Waals surface area (Å²) in [7, 11) is 1.60. The molecule has 1 atom stereocenters. The fraction of sp³-hybridized carbons (Fsp3) is 0.500. The number of nitrogens with zero attached hydrogens (tertiary/aromatic N) is 2. The minimum Gasteiger partial charge on any atom is -0.481 e. The number of rotatable bonds is 6. The summed E-state index contributed by atoms with van der Waals surface area (Å²) in [4.78, 5) is 26.5. The topological polar surface area (TPSA) is 70.1 Å². The van der Waals surface area contributed by atoms with E-state index in [9.17, 15) is 14.0 Å². The number of carboxylic acids is 1. The van der Waals surface area contributed by atoms with Gasteiger partial charge in [0.05, 0.1) is 12.5 Å². The van der Waals surface area contributed by atoms with Crippen molar-refractivity contribution >= 4 is 12.0 Å². The summed E-state index contributed by atoms with van der Waals surface area (Å²) in [6, 6.07) is 5.72. The van der Waals surface area contributed by atoms with Crippen LogP contribution in [0.25, 0.3) is 0 Å². The van der Waals surface area contributed by atoms with Gasteiger partial charge >= 0.3 is 12.0 Å². The highest BCUT2D eigenvalue weighted by atomic mass is 19.1. The summed E-state index contributed by atoms with van der Waals surface area (Å²) >= 11 is 0. The number of hydrogen-bond acceptors (Lipinski definition) is 3. The third kappa shape index (κ3) is 4.92. The third-order valence-corrected chi connectivity index (χ3v) is 3.88. The minimum absolute atomic E-state index is 0.00874. The van der Waals surface area contributed by atoms with Gasteiger partial charge in [0.2, 0.25) is 0 Å². The Bertz CT molecular complexity index is 567. The number of hydrogen-bond donors (Lipinski definition) is 1. The van der Waals surface area contributed by atoms with Crippen molar-refractivity contribution in [1.82, 2.24) is 9.80 Å². The Kier molecular flexibility index (Phi) is 5.92. The van der Waals surface area contributed by atoms with Gasteiger partial charge in [-0.1, -0.05) is 12.1 Å². The number of amides is 2. The average molecular weight is 324 g/mol. The second kappa shape index (κ2) is 7.92. The molecule has 1 aliphatic rings. The van der Waals surface area contributed by atoms with Crippen LogP contribution in [0.5, 0.6) is 0 Å². The first-order chi connectivity index (χ1) is 11.0. The average Bonchev–Trinajstić information content (AvgIpc) is 2.99. The van der Waals surface area contributed by atoms with Crippen molar-refractivity contribution in [3.63, 3.8) is 0 Å². The van der Waals surface area contributed by atoms with E-state index >= 15 is 0 Å². The van der Waals surface area contributed by atoms with E-state index in [1.165, 1.54) is 17.0 Å². The molecular weight excluding hydrogens is 303 g/mol. The van der Waals surface area contributed by atoms with E-state index in [1.54, 1.807) is 24.1 Å². The largest absolute Gasteiger partial charge is 0.481 e. The number of urea groups is 1. The predicted octanol–water partition coefficient (Wildman–Crippen LogP) is 1.94. The van der Waals surface area contributed by atoms with Crippen LogP contribution < -0.4 is 0 Å². The monoisotopic (exact) mass is 324 g/mol. The number of likely N-dealkylation sites (tertiary alicyclic amines) is 1.